The molecule has 5 nitrogen and oxygen atoms in total. The molecular formula is C10H18N2O3S. The van der Waals surface area contributed by atoms with E-state index in [4.69, 9.17) is 4.74 Å². The molecule has 0 aromatic rings. The van der Waals surface area contributed by atoms with E-state index in [2.05, 4.69) is 0 Å². The van der Waals surface area contributed by atoms with Gasteiger partial charge in [-0.2, -0.15) is 0 Å². The third kappa shape index (κ3) is 3.92. The van der Waals surface area contributed by atoms with Gasteiger partial charge in [-0.25, -0.2) is 9.53 Å². The standard InChI is InChI=1S/C10H18N2O3S/c1-10(2,3)15-9(13)12-7-16-6-8(12)5-11(4)14/h5,8H,6-7H2,1-4H3/b11-5-/t8-/m1/s1. The van der Waals surface area contributed by atoms with Gasteiger partial charge in [-0.05, 0) is 20.8 Å². The van der Waals surface area contributed by atoms with Crippen molar-refractivity contribution < 1.29 is 14.3 Å². The normalized spacial score (nSPS) is 22.4. The zero-order valence-corrected chi connectivity index (χ0v) is 10.9. The Labute approximate surface area is 100 Å². The predicted molar refractivity (Wildman–Crippen MR) is 64.8 cm³/mol. The Hall–Kier alpha value is -0.910. The minimum atomic E-state index is -0.502. The summed E-state index contributed by atoms with van der Waals surface area (Å²) in [5.74, 6) is 1.32. The van der Waals surface area contributed by atoms with E-state index in [1.807, 2.05) is 20.8 Å². The fourth-order valence-electron chi connectivity index (χ4n) is 1.33. The second-order valence-corrected chi connectivity index (χ2v) is 5.71. The van der Waals surface area contributed by atoms with Gasteiger partial charge in [0.15, 0.2) is 6.21 Å². The first-order chi connectivity index (χ1) is 7.29. The van der Waals surface area contributed by atoms with E-state index >= 15 is 0 Å². The molecule has 0 aromatic carbocycles. The van der Waals surface area contributed by atoms with Gasteiger partial charge >= 0.3 is 6.09 Å². The van der Waals surface area contributed by atoms with Crippen LogP contribution in [-0.4, -0.2) is 52.3 Å². The van der Waals surface area contributed by atoms with Crippen LogP contribution >= 0.6 is 11.8 Å². The van der Waals surface area contributed by atoms with Crippen molar-refractivity contribution in [1.29, 1.82) is 0 Å². The second-order valence-electron chi connectivity index (χ2n) is 4.71. The van der Waals surface area contributed by atoms with Crippen LogP contribution in [0.1, 0.15) is 20.8 Å². The lowest BCUT2D eigenvalue weighted by molar-refractivity contribution is -0.419. The molecule has 1 fully saturated rings. The van der Waals surface area contributed by atoms with Crippen LogP contribution in [0.5, 0.6) is 0 Å². The molecule has 1 heterocycles. The summed E-state index contributed by atoms with van der Waals surface area (Å²) in [6.07, 6.45) is 1.13. The molecule has 1 rings (SSSR count). The number of hydrogen-bond donors (Lipinski definition) is 0. The van der Waals surface area contributed by atoms with E-state index < -0.39 is 5.60 Å². The fraction of sp³-hybridized carbons (Fsp3) is 0.800. The molecule has 0 N–H and O–H groups in total. The van der Waals surface area contributed by atoms with Crippen molar-refractivity contribution in [3.05, 3.63) is 5.21 Å². The van der Waals surface area contributed by atoms with Crippen molar-refractivity contribution in [2.24, 2.45) is 0 Å². The molecule has 92 valence electrons. The van der Waals surface area contributed by atoms with Crippen molar-refractivity contribution in [3.8, 4) is 0 Å². The van der Waals surface area contributed by atoms with Gasteiger partial charge in [-0.3, -0.25) is 4.90 Å². The van der Waals surface area contributed by atoms with Gasteiger partial charge in [-0.1, -0.05) is 0 Å². The van der Waals surface area contributed by atoms with Gasteiger partial charge < -0.3 is 9.94 Å². The quantitative estimate of drug-likeness (QED) is 0.304. The SMILES string of the molecule is C/[N+]([O-])=C/[C@@H]1CSCN1C(=O)OC(C)(C)C. The zero-order valence-electron chi connectivity index (χ0n) is 10.1. The first-order valence-electron chi connectivity index (χ1n) is 5.12. The summed E-state index contributed by atoms with van der Waals surface area (Å²) >= 11 is 1.61. The lowest BCUT2D eigenvalue weighted by Crippen LogP contribution is -2.42. The first kappa shape index (κ1) is 13.2. The number of hydrogen-bond acceptors (Lipinski definition) is 4. The average Bonchev–Trinajstić information content (AvgIpc) is 2.47. The monoisotopic (exact) mass is 246 g/mol. The van der Waals surface area contributed by atoms with E-state index in [9.17, 15) is 10.0 Å². The zero-order chi connectivity index (χ0) is 12.3. The number of amides is 1. The highest BCUT2D eigenvalue weighted by atomic mass is 32.2. The fourth-order valence-corrected chi connectivity index (χ4v) is 2.44. The van der Waals surface area contributed by atoms with Crippen LogP contribution in [0.2, 0.25) is 0 Å². The van der Waals surface area contributed by atoms with Crippen molar-refractivity contribution in [1.82, 2.24) is 4.90 Å². The lowest BCUT2D eigenvalue weighted by atomic mass is 10.2. The van der Waals surface area contributed by atoms with Gasteiger partial charge in [0, 0.05) is 5.75 Å². The Morgan fingerprint density at radius 3 is 2.75 bits per heavy atom. The molecule has 0 spiro atoms. The highest BCUT2D eigenvalue weighted by Crippen LogP contribution is 2.22. The maximum Gasteiger partial charge on any atom is 0.411 e. The van der Waals surface area contributed by atoms with Crippen LogP contribution < -0.4 is 0 Å². The molecule has 6 heteroatoms. The molecule has 1 amide bonds. The average molecular weight is 246 g/mol. The third-order valence-electron chi connectivity index (χ3n) is 1.93. The Balaban J connectivity index is 2.65. The van der Waals surface area contributed by atoms with E-state index in [0.29, 0.717) is 5.88 Å². The van der Waals surface area contributed by atoms with Crippen molar-refractivity contribution >= 4 is 24.1 Å². The number of ether oxygens (including phenoxy) is 1. The number of thioether (sulfide) groups is 1. The first-order valence-corrected chi connectivity index (χ1v) is 6.27. The van der Waals surface area contributed by atoms with E-state index in [1.54, 1.807) is 16.7 Å². The Kier molecular flexibility index (Phi) is 4.07. The molecular weight excluding hydrogens is 228 g/mol. The molecule has 0 radical (unpaired) electrons. The minimum Gasteiger partial charge on any atom is -0.624 e. The number of carbonyl (C=O) groups is 1. The molecule has 0 saturated carbocycles. The Morgan fingerprint density at radius 1 is 1.62 bits per heavy atom. The van der Waals surface area contributed by atoms with Gasteiger partial charge in [0.25, 0.3) is 0 Å². The number of rotatable bonds is 1. The maximum atomic E-state index is 11.8. The summed E-state index contributed by atoms with van der Waals surface area (Å²) < 4.78 is 6.00. The highest BCUT2D eigenvalue weighted by molar-refractivity contribution is 7.99. The van der Waals surface area contributed by atoms with Crippen LogP contribution in [0.15, 0.2) is 0 Å². The smallest absolute Gasteiger partial charge is 0.411 e. The molecule has 1 aliphatic rings. The van der Waals surface area contributed by atoms with Gasteiger partial charge in [0.05, 0.1) is 5.88 Å². The highest BCUT2D eigenvalue weighted by Gasteiger charge is 2.33. The molecule has 1 aliphatic heterocycles. The molecule has 0 bridgehead atoms. The van der Waals surface area contributed by atoms with Crippen LogP contribution in [-0.2, 0) is 4.74 Å². The minimum absolute atomic E-state index is 0.164. The van der Waals surface area contributed by atoms with Crippen LogP contribution in [0.3, 0.4) is 0 Å². The van der Waals surface area contributed by atoms with Crippen molar-refractivity contribution in [2.75, 3.05) is 18.7 Å². The summed E-state index contributed by atoms with van der Waals surface area (Å²) in [5, 5.41) is 10.9. The summed E-state index contributed by atoms with van der Waals surface area (Å²) in [4.78, 5) is 13.4. The predicted octanol–water partition coefficient (Wildman–Crippen LogP) is 1.51. The number of carbonyl (C=O) groups excluding carboxylic acids is 1. The van der Waals surface area contributed by atoms with Crippen LogP contribution in [0.4, 0.5) is 4.79 Å². The van der Waals surface area contributed by atoms with Gasteiger partial charge in [-0.15, -0.1) is 11.8 Å². The summed E-state index contributed by atoms with van der Waals surface area (Å²) in [6, 6.07) is -0.164. The lowest BCUT2D eigenvalue weighted by Gasteiger charge is -2.25. The van der Waals surface area contributed by atoms with E-state index in [1.165, 1.54) is 13.3 Å². The molecule has 0 aromatic heterocycles. The second kappa shape index (κ2) is 4.95. The van der Waals surface area contributed by atoms with Crippen LogP contribution in [0.25, 0.3) is 0 Å². The number of hydroxylamine groups is 1. The summed E-state index contributed by atoms with van der Waals surface area (Å²) in [6.45, 7) is 5.48. The molecule has 1 atom stereocenters. The van der Waals surface area contributed by atoms with E-state index in [0.717, 1.165) is 10.5 Å². The molecule has 0 unspecified atom stereocenters. The Morgan fingerprint density at radius 2 is 2.25 bits per heavy atom. The maximum absolute atomic E-state index is 11.8. The van der Waals surface area contributed by atoms with E-state index in [-0.39, 0.29) is 12.1 Å². The van der Waals surface area contributed by atoms with Gasteiger partial charge in [0.2, 0.25) is 0 Å². The third-order valence-corrected chi connectivity index (χ3v) is 2.97. The van der Waals surface area contributed by atoms with Gasteiger partial charge in [0.1, 0.15) is 18.7 Å². The molecule has 16 heavy (non-hydrogen) atoms. The summed E-state index contributed by atoms with van der Waals surface area (Å²) in [7, 11) is 1.41. The van der Waals surface area contributed by atoms with Crippen molar-refractivity contribution in [2.45, 2.75) is 32.4 Å². The molecule has 0 aliphatic carbocycles. The largest absolute Gasteiger partial charge is 0.624 e. The van der Waals surface area contributed by atoms with Crippen molar-refractivity contribution in [3.63, 3.8) is 0 Å². The molecule has 1 saturated heterocycles. The Bertz CT molecular complexity index is 295. The van der Waals surface area contributed by atoms with Crippen LogP contribution in [0, 0.1) is 5.21 Å². The summed E-state index contributed by atoms with van der Waals surface area (Å²) in [5.41, 5.74) is -0.502. The topological polar surface area (TPSA) is 55.6 Å². The number of nitrogens with zero attached hydrogens (tertiary/aromatic N) is 2.